The second-order valence-corrected chi connectivity index (χ2v) is 3.26. The lowest BCUT2D eigenvalue weighted by atomic mass is 10.4. The van der Waals surface area contributed by atoms with E-state index in [1.807, 2.05) is 0 Å². The molecule has 0 aliphatic carbocycles. The molecule has 0 bridgehead atoms. The Kier molecular flexibility index (Phi) is 6.88. The van der Waals surface area contributed by atoms with E-state index in [2.05, 4.69) is 26.1 Å². The minimum Gasteiger partial charge on any atom is -0.460 e. The number of carbonyl (C=O) groups is 2. The molecule has 0 aromatic heterocycles. The van der Waals surface area contributed by atoms with Crippen LogP contribution < -0.4 is 5.32 Å². The average molecular weight is 267 g/mol. The number of carbonyl (C=O) groups excluding carboxylic acids is 2. The Balaban J connectivity index is 3.66. The van der Waals surface area contributed by atoms with Crippen LogP contribution in [0.4, 0.5) is 13.6 Å². The summed E-state index contributed by atoms with van der Waals surface area (Å²) >= 11 is 0. The van der Waals surface area contributed by atoms with E-state index in [-0.39, 0.29) is 18.7 Å². The Labute approximate surface area is 103 Å². The highest BCUT2D eigenvalue weighted by Crippen LogP contribution is 2.13. The first-order chi connectivity index (χ1) is 8.28. The van der Waals surface area contributed by atoms with Gasteiger partial charge in [0.05, 0.1) is 6.54 Å². The molecule has 0 aliphatic heterocycles. The number of hydrogen-bond donors (Lipinski definition) is 1. The lowest BCUT2D eigenvalue weighted by Crippen LogP contribution is -2.34. The number of methoxy groups -OCH3 is 1. The van der Waals surface area contributed by atoms with Crippen molar-refractivity contribution in [3.05, 3.63) is 12.2 Å². The molecule has 6 nitrogen and oxygen atoms in total. The topological polar surface area (TPSA) is 73.9 Å². The van der Waals surface area contributed by atoms with Crippen LogP contribution in [0.5, 0.6) is 0 Å². The Bertz CT molecular complexity index is 319. The van der Waals surface area contributed by atoms with Gasteiger partial charge in [-0.3, -0.25) is 0 Å². The van der Waals surface area contributed by atoms with Gasteiger partial charge >= 0.3 is 18.2 Å². The number of esters is 1. The molecule has 0 atom stereocenters. The van der Waals surface area contributed by atoms with E-state index in [4.69, 9.17) is 0 Å². The molecule has 0 radical (unpaired) electrons. The van der Waals surface area contributed by atoms with Crippen molar-refractivity contribution < 1.29 is 32.6 Å². The second kappa shape index (κ2) is 7.59. The summed E-state index contributed by atoms with van der Waals surface area (Å²) in [5.74, 6) is -0.601. The maximum absolute atomic E-state index is 12.5. The maximum atomic E-state index is 12.5. The largest absolute Gasteiger partial charge is 0.460 e. The van der Waals surface area contributed by atoms with Crippen LogP contribution in [0, 0.1) is 0 Å². The normalized spacial score (nSPS) is 10.7. The quantitative estimate of drug-likeness (QED) is 0.424. The van der Waals surface area contributed by atoms with Gasteiger partial charge in [0.15, 0.2) is 6.61 Å². The number of amides is 1. The van der Waals surface area contributed by atoms with E-state index >= 15 is 0 Å². The zero-order valence-corrected chi connectivity index (χ0v) is 10.1. The number of ether oxygens (including phenoxy) is 3. The molecule has 0 spiro atoms. The lowest BCUT2D eigenvalue weighted by molar-refractivity contribution is -0.241. The van der Waals surface area contributed by atoms with Crippen molar-refractivity contribution in [2.45, 2.75) is 13.0 Å². The van der Waals surface area contributed by atoms with Gasteiger partial charge in [-0.05, 0) is 6.92 Å². The summed E-state index contributed by atoms with van der Waals surface area (Å²) in [5, 5.41) is 2.12. The summed E-state index contributed by atoms with van der Waals surface area (Å²) in [6, 6.07) is 0. The van der Waals surface area contributed by atoms with Gasteiger partial charge in [0, 0.05) is 12.7 Å². The van der Waals surface area contributed by atoms with Gasteiger partial charge in [-0.1, -0.05) is 6.58 Å². The van der Waals surface area contributed by atoms with Crippen LogP contribution in [0.3, 0.4) is 0 Å². The first kappa shape index (κ1) is 16.3. The highest BCUT2D eigenvalue weighted by Gasteiger charge is 2.30. The smallest absolute Gasteiger partial charge is 0.407 e. The molecule has 104 valence electrons. The van der Waals surface area contributed by atoms with Crippen LogP contribution in [0.15, 0.2) is 12.2 Å². The second-order valence-electron chi connectivity index (χ2n) is 3.26. The summed E-state index contributed by atoms with van der Waals surface area (Å²) in [6.45, 7) is 3.46. The van der Waals surface area contributed by atoms with Crippen molar-refractivity contribution in [3.8, 4) is 0 Å². The van der Waals surface area contributed by atoms with E-state index in [0.717, 1.165) is 7.11 Å². The molecule has 0 saturated heterocycles. The lowest BCUT2D eigenvalue weighted by Gasteiger charge is -2.14. The monoisotopic (exact) mass is 267 g/mol. The molecule has 0 saturated carbocycles. The minimum atomic E-state index is -3.52. The molecule has 8 heteroatoms. The molecule has 0 rings (SSSR count). The van der Waals surface area contributed by atoms with Crippen LogP contribution in [0.1, 0.15) is 6.92 Å². The molecule has 0 aliphatic rings. The Morgan fingerprint density at radius 1 is 1.33 bits per heavy atom. The van der Waals surface area contributed by atoms with E-state index in [9.17, 15) is 18.4 Å². The summed E-state index contributed by atoms with van der Waals surface area (Å²) in [6.07, 6.45) is -4.58. The molecule has 0 aromatic rings. The molecule has 1 N–H and O–H groups in total. The molecule has 0 heterocycles. The van der Waals surface area contributed by atoms with Crippen molar-refractivity contribution in [2.24, 2.45) is 0 Å². The fraction of sp³-hybridized carbons (Fsp3) is 0.600. The van der Waals surface area contributed by atoms with Crippen molar-refractivity contribution >= 4 is 12.1 Å². The van der Waals surface area contributed by atoms with Crippen molar-refractivity contribution in [1.29, 1.82) is 0 Å². The summed E-state index contributed by atoms with van der Waals surface area (Å²) in [5.41, 5.74) is 0.220. The molecule has 1 amide bonds. The minimum absolute atomic E-state index is 0.0591. The zero-order valence-electron chi connectivity index (χ0n) is 10.1. The molecule has 0 unspecified atom stereocenters. The fourth-order valence-corrected chi connectivity index (χ4v) is 0.680. The number of rotatable bonds is 7. The molecule has 18 heavy (non-hydrogen) atoms. The highest BCUT2D eigenvalue weighted by atomic mass is 19.3. The van der Waals surface area contributed by atoms with Gasteiger partial charge in [0.1, 0.15) is 6.61 Å². The Hall–Kier alpha value is -1.70. The predicted octanol–water partition coefficient (Wildman–Crippen LogP) is 1.07. The molecular formula is C10H15F2NO5. The highest BCUT2D eigenvalue weighted by molar-refractivity contribution is 5.86. The summed E-state index contributed by atoms with van der Waals surface area (Å²) in [7, 11) is 0.790. The van der Waals surface area contributed by atoms with Crippen LogP contribution in [0.2, 0.25) is 0 Å². The van der Waals surface area contributed by atoms with Gasteiger partial charge in [-0.2, -0.15) is 8.78 Å². The molecule has 0 aromatic carbocycles. The number of hydrogen-bond acceptors (Lipinski definition) is 5. The average Bonchev–Trinajstić information content (AvgIpc) is 2.31. The SMILES string of the molecule is C=C(C)C(=O)OCCNC(=O)OCC(F)(F)OC. The number of nitrogens with one attached hydrogen (secondary N) is 1. The van der Waals surface area contributed by atoms with E-state index in [0.29, 0.717) is 0 Å². The number of halogens is 2. The van der Waals surface area contributed by atoms with Crippen molar-refractivity contribution in [3.63, 3.8) is 0 Å². The fourth-order valence-electron chi connectivity index (χ4n) is 0.680. The van der Waals surface area contributed by atoms with Crippen LogP contribution in [-0.4, -0.2) is 45.0 Å². The Morgan fingerprint density at radius 3 is 2.44 bits per heavy atom. The molecular weight excluding hydrogens is 252 g/mol. The van der Waals surface area contributed by atoms with Crippen LogP contribution >= 0.6 is 0 Å². The van der Waals surface area contributed by atoms with E-state index in [1.165, 1.54) is 6.92 Å². The van der Waals surface area contributed by atoms with E-state index < -0.39 is 24.8 Å². The maximum Gasteiger partial charge on any atom is 0.407 e. The van der Waals surface area contributed by atoms with Gasteiger partial charge in [-0.15, -0.1) is 0 Å². The first-order valence-electron chi connectivity index (χ1n) is 4.94. The predicted molar refractivity (Wildman–Crippen MR) is 57.1 cm³/mol. The third kappa shape index (κ3) is 7.55. The van der Waals surface area contributed by atoms with Crippen LogP contribution in [-0.2, 0) is 19.0 Å². The zero-order chi connectivity index (χ0) is 14.2. The summed E-state index contributed by atoms with van der Waals surface area (Å²) in [4.78, 5) is 21.8. The van der Waals surface area contributed by atoms with Crippen molar-refractivity contribution in [1.82, 2.24) is 5.32 Å². The van der Waals surface area contributed by atoms with E-state index in [1.54, 1.807) is 0 Å². The van der Waals surface area contributed by atoms with Crippen molar-refractivity contribution in [2.75, 3.05) is 26.9 Å². The number of alkyl carbamates (subject to hydrolysis) is 1. The van der Waals surface area contributed by atoms with Gasteiger partial charge in [0.2, 0.25) is 0 Å². The molecule has 0 fully saturated rings. The van der Waals surface area contributed by atoms with Crippen LogP contribution in [0.25, 0.3) is 0 Å². The number of alkyl halides is 2. The third-order valence-corrected chi connectivity index (χ3v) is 1.62. The Morgan fingerprint density at radius 2 is 1.94 bits per heavy atom. The summed E-state index contributed by atoms with van der Waals surface area (Å²) < 4.78 is 37.5. The van der Waals surface area contributed by atoms with Gasteiger partial charge in [0.25, 0.3) is 0 Å². The van der Waals surface area contributed by atoms with Gasteiger partial charge < -0.3 is 19.5 Å². The first-order valence-corrected chi connectivity index (χ1v) is 4.94. The third-order valence-electron chi connectivity index (χ3n) is 1.62. The van der Waals surface area contributed by atoms with Gasteiger partial charge in [-0.25, -0.2) is 9.59 Å². The standard InChI is InChI=1S/C10H15F2NO5/c1-7(2)8(14)17-5-4-13-9(15)18-6-10(11,12)16-3/h1,4-6H2,2-3H3,(H,13,15).